The van der Waals surface area contributed by atoms with Crippen molar-refractivity contribution in [3.63, 3.8) is 0 Å². The number of hydrogen-bond acceptors (Lipinski definition) is 5. The predicted octanol–water partition coefficient (Wildman–Crippen LogP) is 1.84. The lowest BCUT2D eigenvalue weighted by atomic mass is 10.2. The van der Waals surface area contributed by atoms with Crippen molar-refractivity contribution in [2.45, 2.75) is 0 Å². The first-order valence-corrected chi connectivity index (χ1v) is 7.28. The second kappa shape index (κ2) is 5.60. The van der Waals surface area contributed by atoms with Gasteiger partial charge in [-0.1, -0.05) is 0 Å². The zero-order chi connectivity index (χ0) is 13.3. The number of morpholine rings is 1. The summed E-state index contributed by atoms with van der Waals surface area (Å²) in [4.78, 5) is 35.9. The molecule has 2 heterocycles. The molecule has 1 aromatic rings. The van der Waals surface area contributed by atoms with E-state index in [1.165, 1.54) is 11.3 Å². The van der Waals surface area contributed by atoms with Crippen LogP contribution in [0.2, 0.25) is 0 Å². The fraction of sp³-hybridized carbons (Fsp3) is 0.300. The van der Waals surface area contributed by atoms with Crippen LogP contribution in [-0.4, -0.2) is 42.3 Å². The van der Waals surface area contributed by atoms with E-state index in [1.807, 2.05) is 0 Å². The van der Waals surface area contributed by atoms with Crippen LogP contribution in [-0.2, 0) is 14.3 Å². The first kappa shape index (κ1) is 13.9. The Hall–Kier alpha value is -0.570. The van der Waals surface area contributed by atoms with E-state index in [-0.39, 0.29) is 25.5 Å². The average molecular weight is 397 g/mol. The largest absolute Gasteiger partial charge is 0.362 e. The van der Waals surface area contributed by atoms with Gasteiger partial charge in [-0.15, -0.1) is 11.3 Å². The summed E-state index contributed by atoms with van der Waals surface area (Å²) in [6.45, 7) is -0.566. The van der Waals surface area contributed by atoms with Crippen molar-refractivity contribution >= 4 is 60.8 Å². The summed E-state index contributed by atoms with van der Waals surface area (Å²) in [6.07, 6.45) is 0. The summed E-state index contributed by atoms with van der Waals surface area (Å²) >= 11 is 7.90. The quantitative estimate of drug-likeness (QED) is 0.577. The van der Waals surface area contributed by atoms with Crippen molar-refractivity contribution in [1.82, 2.24) is 4.90 Å². The van der Waals surface area contributed by atoms with Crippen molar-refractivity contribution in [2.75, 3.05) is 19.8 Å². The predicted molar refractivity (Wildman–Crippen MR) is 71.6 cm³/mol. The van der Waals surface area contributed by atoms with Gasteiger partial charge in [-0.05, 0) is 37.9 Å². The zero-order valence-electron chi connectivity index (χ0n) is 8.94. The highest BCUT2D eigenvalue weighted by Gasteiger charge is 2.29. The van der Waals surface area contributed by atoms with Gasteiger partial charge in [0, 0.05) is 5.56 Å². The van der Waals surface area contributed by atoms with E-state index < -0.39 is 11.8 Å². The maximum absolute atomic E-state index is 12.0. The lowest BCUT2D eigenvalue weighted by molar-refractivity contribution is -0.157. The van der Waals surface area contributed by atoms with Crippen LogP contribution in [0.15, 0.2) is 13.6 Å². The Morgan fingerprint density at radius 3 is 2.44 bits per heavy atom. The van der Waals surface area contributed by atoms with E-state index in [1.54, 1.807) is 6.07 Å². The molecule has 1 aliphatic heterocycles. The summed E-state index contributed by atoms with van der Waals surface area (Å²) in [5, 5.41) is 0. The maximum atomic E-state index is 12.0. The van der Waals surface area contributed by atoms with Gasteiger partial charge in [0.1, 0.15) is 13.2 Å². The number of amides is 2. The first-order chi connectivity index (χ1) is 8.49. The number of nitrogens with zero attached hydrogens (tertiary/aromatic N) is 1. The minimum absolute atomic E-state index is 0.159. The first-order valence-electron chi connectivity index (χ1n) is 4.88. The fourth-order valence-electron chi connectivity index (χ4n) is 1.46. The van der Waals surface area contributed by atoms with Gasteiger partial charge in [-0.2, -0.15) is 0 Å². The van der Waals surface area contributed by atoms with Gasteiger partial charge in [-0.25, -0.2) is 0 Å². The van der Waals surface area contributed by atoms with Crippen molar-refractivity contribution in [2.24, 2.45) is 0 Å². The average Bonchev–Trinajstić information content (AvgIpc) is 2.63. The molecule has 0 aromatic carbocycles. The molecule has 0 radical (unpaired) electrons. The molecule has 0 spiro atoms. The lowest BCUT2D eigenvalue weighted by Crippen LogP contribution is -2.48. The molecule has 1 saturated heterocycles. The van der Waals surface area contributed by atoms with Gasteiger partial charge in [0.2, 0.25) is 0 Å². The minimum Gasteiger partial charge on any atom is -0.362 e. The Kier molecular flexibility index (Phi) is 4.31. The molecule has 1 aromatic heterocycles. The second-order valence-electron chi connectivity index (χ2n) is 3.53. The third-order valence-electron chi connectivity index (χ3n) is 2.31. The molecule has 2 rings (SSSR count). The fourth-order valence-corrected chi connectivity index (χ4v) is 4.31. The molecule has 18 heavy (non-hydrogen) atoms. The van der Waals surface area contributed by atoms with Crippen LogP contribution in [0.3, 0.4) is 0 Å². The number of carbonyl (C=O) groups excluding carboxylic acids is 3. The molecule has 0 bridgehead atoms. The maximum Gasteiger partial charge on any atom is 0.255 e. The Morgan fingerprint density at radius 1 is 1.33 bits per heavy atom. The third-order valence-corrected chi connectivity index (χ3v) is 4.65. The molecule has 0 unspecified atom stereocenters. The standard InChI is InChI=1S/C10H7Br2NO4S/c11-7-1-5(10(12)18-7)6(14)2-13-8(15)3-17-4-9(13)16/h1H,2-4H2. The van der Waals surface area contributed by atoms with E-state index in [0.717, 1.165) is 8.69 Å². The van der Waals surface area contributed by atoms with Gasteiger partial charge in [-0.3, -0.25) is 19.3 Å². The second-order valence-corrected chi connectivity index (χ2v) is 7.28. The van der Waals surface area contributed by atoms with Crippen LogP contribution in [0, 0.1) is 0 Å². The molecule has 0 N–H and O–H groups in total. The number of Topliss-reactive ketones (excluding diaryl/α,β-unsaturated/α-hetero) is 1. The zero-order valence-corrected chi connectivity index (χ0v) is 12.9. The molecular formula is C10H7Br2NO4S. The number of halogens is 2. The van der Waals surface area contributed by atoms with E-state index in [2.05, 4.69) is 31.9 Å². The van der Waals surface area contributed by atoms with E-state index in [4.69, 9.17) is 4.74 Å². The van der Waals surface area contributed by atoms with Crippen LogP contribution in [0.25, 0.3) is 0 Å². The summed E-state index contributed by atoms with van der Waals surface area (Å²) in [7, 11) is 0. The van der Waals surface area contributed by atoms with Crippen LogP contribution in [0.4, 0.5) is 0 Å². The van der Waals surface area contributed by atoms with E-state index in [9.17, 15) is 14.4 Å². The van der Waals surface area contributed by atoms with Crippen molar-refractivity contribution in [3.8, 4) is 0 Å². The molecule has 1 fully saturated rings. The van der Waals surface area contributed by atoms with E-state index >= 15 is 0 Å². The van der Waals surface area contributed by atoms with Crippen LogP contribution in [0.5, 0.6) is 0 Å². The Labute approximate surface area is 123 Å². The monoisotopic (exact) mass is 395 g/mol. The highest BCUT2D eigenvalue weighted by molar-refractivity contribution is 9.12. The highest BCUT2D eigenvalue weighted by Crippen LogP contribution is 2.32. The number of thiophene rings is 1. The lowest BCUT2D eigenvalue weighted by Gasteiger charge is -2.23. The van der Waals surface area contributed by atoms with Gasteiger partial charge >= 0.3 is 0 Å². The molecule has 96 valence electrons. The smallest absolute Gasteiger partial charge is 0.255 e. The summed E-state index contributed by atoms with van der Waals surface area (Å²) in [6, 6.07) is 1.66. The number of rotatable bonds is 3. The number of ether oxygens (including phenoxy) is 1. The summed E-state index contributed by atoms with van der Waals surface area (Å²) < 4.78 is 6.25. The Morgan fingerprint density at radius 2 is 1.94 bits per heavy atom. The number of imide groups is 1. The van der Waals surface area contributed by atoms with Gasteiger partial charge in [0.25, 0.3) is 11.8 Å². The summed E-state index contributed by atoms with van der Waals surface area (Å²) in [5.74, 6) is -1.25. The molecule has 5 nitrogen and oxygen atoms in total. The number of ketones is 1. The third kappa shape index (κ3) is 2.87. The summed E-state index contributed by atoms with van der Waals surface area (Å²) in [5.41, 5.74) is 0.457. The topological polar surface area (TPSA) is 63.7 Å². The van der Waals surface area contributed by atoms with Crippen molar-refractivity contribution < 1.29 is 19.1 Å². The highest BCUT2D eigenvalue weighted by atomic mass is 79.9. The van der Waals surface area contributed by atoms with Gasteiger partial charge in [0.05, 0.1) is 14.1 Å². The van der Waals surface area contributed by atoms with Crippen LogP contribution < -0.4 is 0 Å². The molecule has 0 atom stereocenters. The molecule has 0 aliphatic carbocycles. The Bertz CT molecular complexity index is 512. The number of hydrogen-bond donors (Lipinski definition) is 0. The van der Waals surface area contributed by atoms with Gasteiger partial charge in [0.15, 0.2) is 5.78 Å². The van der Waals surface area contributed by atoms with Crippen LogP contribution >= 0.6 is 43.2 Å². The molecule has 8 heteroatoms. The normalized spacial score (nSPS) is 16.2. The molecule has 1 aliphatic rings. The molecular weight excluding hydrogens is 390 g/mol. The molecule has 2 amide bonds. The SMILES string of the molecule is O=C(CN1C(=O)COCC1=O)c1cc(Br)sc1Br. The Balaban J connectivity index is 2.13. The van der Waals surface area contributed by atoms with Gasteiger partial charge < -0.3 is 4.74 Å². The van der Waals surface area contributed by atoms with Crippen molar-refractivity contribution in [3.05, 3.63) is 19.2 Å². The van der Waals surface area contributed by atoms with Crippen LogP contribution in [0.1, 0.15) is 10.4 Å². The molecule has 0 saturated carbocycles. The minimum atomic E-state index is -0.481. The van der Waals surface area contributed by atoms with Crippen molar-refractivity contribution in [1.29, 1.82) is 0 Å². The van der Waals surface area contributed by atoms with E-state index in [0.29, 0.717) is 9.35 Å². The number of carbonyl (C=O) groups is 3.